The second-order valence-electron chi connectivity index (χ2n) is 8.72. The van der Waals surface area contributed by atoms with Crippen LogP contribution in [0, 0.1) is 20.7 Å². The van der Waals surface area contributed by atoms with Gasteiger partial charge in [-0.3, -0.25) is 4.79 Å². The minimum Gasteiger partial charge on any atom is -0.358 e. The first-order valence-corrected chi connectivity index (χ1v) is 13.5. The standard InChI is InChI=1S/C28H24Cl2FIN2O2/c1-2-3-22(16-33)34-26(18-5-9-20(29)10-6-18)27(19-7-11-21(30)12-8-19)36-25(28(34)35)15-17-4-13-24(32)23(31)14-17/h4-14,22,25-27H,2-3,15H2,1H3/t22?,25-,26+,27-/m0/s1. The average Bonchev–Trinajstić information content (AvgIpc) is 2.87. The highest BCUT2D eigenvalue weighted by atomic mass is 127. The molecule has 4 atom stereocenters. The molecule has 0 saturated carbocycles. The van der Waals surface area contributed by atoms with E-state index in [1.165, 1.54) is 6.07 Å². The fourth-order valence-corrected chi connectivity index (χ4v) is 5.16. The van der Waals surface area contributed by atoms with Crippen LogP contribution in [0.4, 0.5) is 4.39 Å². The van der Waals surface area contributed by atoms with Gasteiger partial charge < -0.3 is 9.64 Å². The number of benzene rings is 3. The Balaban J connectivity index is 1.82. The van der Waals surface area contributed by atoms with Gasteiger partial charge in [-0.1, -0.05) is 66.9 Å². The smallest absolute Gasteiger partial charge is 0.253 e. The summed E-state index contributed by atoms with van der Waals surface area (Å²) >= 11 is 14.2. The zero-order chi connectivity index (χ0) is 25.8. The van der Waals surface area contributed by atoms with Crippen LogP contribution in [-0.2, 0) is 16.0 Å². The van der Waals surface area contributed by atoms with Crippen LogP contribution in [0.5, 0.6) is 0 Å². The molecule has 0 N–H and O–H groups in total. The van der Waals surface area contributed by atoms with Crippen LogP contribution >= 0.6 is 45.8 Å². The van der Waals surface area contributed by atoms with Gasteiger partial charge >= 0.3 is 0 Å². The van der Waals surface area contributed by atoms with Crippen LogP contribution in [0.3, 0.4) is 0 Å². The second kappa shape index (κ2) is 11.9. The van der Waals surface area contributed by atoms with Crippen molar-refractivity contribution in [3.63, 3.8) is 0 Å². The van der Waals surface area contributed by atoms with Crippen LogP contribution < -0.4 is 0 Å². The molecule has 0 aliphatic carbocycles. The lowest BCUT2D eigenvalue weighted by atomic mass is 9.89. The summed E-state index contributed by atoms with van der Waals surface area (Å²) in [7, 11) is 0. The topological polar surface area (TPSA) is 53.3 Å². The van der Waals surface area contributed by atoms with Crippen molar-refractivity contribution in [3.8, 4) is 6.07 Å². The first-order valence-electron chi connectivity index (χ1n) is 11.6. The Morgan fingerprint density at radius 1 is 1.06 bits per heavy atom. The van der Waals surface area contributed by atoms with Crippen molar-refractivity contribution in [2.45, 2.75) is 50.5 Å². The molecule has 1 aliphatic rings. The number of ether oxygens (including phenoxy) is 1. The van der Waals surface area contributed by atoms with Gasteiger partial charge in [-0.05, 0) is 82.1 Å². The number of carbonyl (C=O) groups excluding carboxylic acids is 1. The molecule has 0 radical (unpaired) electrons. The molecule has 4 nitrogen and oxygen atoms in total. The molecule has 1 fully saturated rings. The third-order valence-electron chi connectivity index (χ3n) is 6.29. The van der Waals surface area contributed by atoms with Crippen molar-refractivity contribution in [1.29, 1.82) is 5.26 Å². The van der Waals surface area contributed by atoms with Crippen LogP contribution in [0.2, 0.25) is 10.0 Å². The maximum absolute atomic E-state index is 14.3. The third-order valence-corrected chi connectivity index (χ3v) is 7.67. The van der Waals surface area contributed by atoms with Gasteiger partial charge in [-0.15, -0.1) is 0 Å². The Bertz CT molecular complexity index is 1260. The van der Waals surface area contributed by atoms with Crippen LogP contribution in [0.15, 0.2) is 66.7 Å². The molecular formula is C28H24Cl2FIN2O2. The molecule has 1 heterocycles. The number of halogens is 4. The predicted octanol–water partition coefficient (Wildman–Crippen LogP) is 7.68. The first kappa shape index (κ1) is 26.9. The van der Waals surface area contributed by atoms with E-state index < -0.39 is 24.3 Å². The van der Waals surface area contributed by atoms with E-state index in [2.05, 4.69) is 6.07 Å². The summed E-state index contributed by atoms with van der Waals surface area (Å²) in [4.78, 5) is 15.6. The van der Waals surface area contributed by atoms with Gasteiger partial charge in [0, 0.05) is 20.0 Å². The first-order chi connectivity index (χ1) is 17.3. The van der Waals surface area contributed by atoms with Crippen molar-refractivity contribution in [2.24, 2.45) is 0 Å². The number of hydrogen-bond donors (Lipinski definition) is 0. The molecule has 1 aliphatic heterocycles. The van der Waals surface area contributed by atoms with E-state index in [0.29, 0.717) is 25.6 Å². The van der Waals surface area contributed by atoms with Gasteiger partial charge in [0.15, 0.2) is 0 Å². The number of carbonyl (C=O) groups is 1. The Labute approximate surface area is 234 Å². The van der Waals surface area contributed by atoms with Gasteiger partial charge in [0.1, 0.15) is 24.1 Å². The largest absolute Gasteiger partial charge is 0.358 e. The summed E-state index contributed by atoms with van der Waals surface area (Å²) in [5.41, 5.74) is 2.28. The molecule has 4 rings (SSSR count). The zero-order valence-corrected chi connectivity index (χ0v) is 23.2. The minimum absolute atomic E-state index is 0.185. The Hall–Kier alpha value is -2.18. The van der Waals surface area contributed by atoms with Crippen molar-refractivity contribution in [3.05, 3.63) is 103 Å². The molecule has 1 saturated heterocycles. The highest BCUT2D eigenvalue weighted by Crippen LogP contribution is 2.44. The van der Waals surface area contributed by atoms with E-state index >= 15 is 0 Å². The summed E-state index contributed by atoms with van der Waals surface area (Å²) in [6.45, 7) is 1.98. The number of nitrogens with zero attached hydrogens (tertiary/aromatic N) is 2. The summed E-state index contributed by atoms with van der Waals surface area (Å²) in [6.07, 6.45) is -0.0292. The molecule has 0 aromatic heterocycles. The highest BCUT2D eigenvalue weighted by Gasteiger charge is 2.46. The molecule has 0 bridgehead atoms. The number of rotatable bonds is 7. The quantitative estimate of drug-likeness (QED) is 0.250. The Kier molecular flexibility index (Phi) is 8.89. The Morgan fingerprint density at radius 3 is 2.22 bits per heavy atom. The molecule has 1 unspecified atom stereocenters. The molecule has 36 heavy (non-hydrogen) atoms. The summed E-state index contributed by atoms with van der Waals surface area (Å²) < 4.78 is 21.3. The third kappa shape index (κ3) is 5.86. The van der Waals surface area contributed by atoms with Crippen LogP contribution in [0.1, 0.15) is 48.6 Å². The molecule has 3 aromatic carbocycles. The second-order valence-corrected chi connectivity index (χ2v) is 10.8. The van der Waals surface area contributed by atoms with Crippen LogP contribution in [0.25, 0.3) is 0 Å². The van der Waals surface area contributed by atoms with Crippen LogP contribution in [-0.4, -0.2) is 23.0 Å². The number of nitriles is 1. The summed E-state index contributed by atoms with van der Waals surface area (Å²) in [6, 6.07) is 20.6. The Morgan fingerprint density at radius 2 is 1.67 bits per heavy atom. The van der Waals surface area contributed by atoms with Crippen molar-refractivity contribution >= 4 is 51.7 Å². The van der Waals surface area contributed by atoms with Gasteiger partial charge in [0.25, 0.3) is 5.91 Å². The van der Waals surface area contributed by atoms with E-state index in [0.717, 1.165) is 17.5 Å². The molecule has 8 heteroatoms. The van der Waals surface area contributed by atoms with Gasteiger partial charge in [0.05, 0.1) is 12.1 Å². The number of amides is 1. The molecule has 186 valence electrons. The van der Waals surface area contributed by atoms with Crippen molar-refractivity contribution in [1.82, 2.24) is 4.90 Å². The van der Waals surface area contributed by atoms with E-state index in [-0.39, 0.29) is 18.1 Å². The summed E-state index contributed by atoms with van der Waals surface area (Å²) in [5, 5.41) is 11.2. The lowest BCUT2D eigenvalue weighted by molar-refractivity contribution is -0.177. The van der Waals surface area contributed by atoms with Crippen molar-refractivity contribution < 1.29 is 13.9 Å². The van der Waals surface area contributed by atoms with Gasteiger partial charge in [0.2, 0.25) is 0 Å². The lowest BCUT2D eigenvalue weighted by Crippen LogP contribution is -2.55. The SMILES string of the molecule is CCCC(C#N)N1C(=O)[C@H](Cc2ccc(I)c(F)c2)O[C@@H](c2ccc(Cl)cc2)[C@H]1c1ccc(Cl)cc1. The average molecular weight is 637 g/mol. The monoisotopic (exact) mass is 636 g/mol. The van der Waals surface area contributed by atoms with Gasteiger partial charge in [-0.2, -0.15) is 5.26 Å². The minimum atomic E-state index is -0.888. The van der Waals surface area contributed by atoms with E-state index in [1.54, 1.807) is 41.3 Å². The predicted molar refractivity (Wildman–Crippen MR) is 147 cm³/mol. The number of hydrogen-bond acceptors (Lipinski definition) is 3. The molecular weight excluding hydrogens is 613 g/mol. The fraction of sp³-hybridized carbons (Fsp3) is 0.286. The zero-order valence-electron chi connectivity index (χ0n) is 19.5. The normalized spacial score (nSPS) is 20.7. The number of morpholine rings is 1. The van der Waals surface area contributed by atoms with E-state index in [9.17, 15) is 14.4 Å². The van der Waals surface area contributed by atoms with Crippen molar-refractivity contribution in [2.75, 3.05) is 0 Å². The molecule has 0 spiro atoms. The van der Waals surface area contributed by atoms with E-state index in [1.807, 2.05) is 53.8 Å². The molecule has 1 amide bonds. The molecule has 3 aromatic rings. The summed E-state index contributed by atoms with van der Waals surface area (Å²) in [5.74, 6) is -0.637. The van der Waals surface area contributed by atoms with E-state index in [4.69, 9.17) is 27.9 Å². The maximum Gasteiger partial charge on any atom is 0.253 e. The lowest BCUT2D eigenvalue weighted by Gasteiger charge is -2.46. The maximum atomic E-state index is 14.3. The van der Waals surface area contributed by atoms with Gasteiger partial charge in [-0.25, -0.2) is 4.39 Å². The highest BCUT2D eigenvalue weighted by molar-refractivity contribution is 14.1. The fourth-order valence-electron chi connectivity index (χ4n) is 4.57.